The summed E-state index contributed by atoms with van der Waals surface area (Å²) in [4.78, 5) is 21.9. The first kappa shape index (κ1) is 37.7. The molecule has 2 N–H and O–H groups in total. The van der Waals surface area contributed by atoms with Crippen LogP contribution in [0, 0.1) is 22.7 Å². The third kappa shape index (κ3) is 6.01. The quantitative estimate of drug-likeness (QED) is 0.194. The van der Waals surface area contributed by atoms with Gasteiger partial charge in [0.1, 0.15) is 11.3 Å². The number of aromatic carboxylic acids is 1. The fraction of sp³-hybridized carbons (Fsp3) is 0.431. The molecule has 0 radical (unpaired) electrons. The second-order valence-corrected chi connectivity index (χ2v) is 21.5. The average molecular weight is 792 g/mol. The van der Waals surface area contributed by atoms with E-state index >= 15 is 0 Å². The van der Waals surface area contributed by atoms with Gasteiger partial charge in [0.05, 0.1) is 0 Å². The molecule has 3 aromatic carbocycles. The maximum absolute atomic E-state index is 11.6. The molecule has 4 atom stereocenters. The van der Waals surface area contributed by atoms with Crippen LogP contribution >= 0.6 is 11.3 Å². The van der Waals surface area contributed by atoms with E-state index in [1.165, 1.54) is 82.4 Å². The van der Waals surface area contributed by atoms with Gasteiger partial charge in [-0.15, -0.1) is 11.3 Å². The van der Waals surface area contributed by atoms with Gasteiger partial charge in [-0.2, -0.15) is 0 Å². The fourth-order valence-corrected chi connectivity index (χ4v) is 12.1. The summed E-state index contributed by atoms with van der Waals surface area (Å²) < 4.78 is 0. The smallest absolute Gasteiger partial charge is 0.339 e. The number of nitrogens with zero attached hydrogens (tertiary/aromatic N) is 3. The van der Waals surface area contributed by atoms with Gasteiger partial charge in [0, 0.05) is 64.1 Å². The van der Waals surface area contributed by atoms with Gasteiger partial charge in [-0.1, -0.05) is 78.8 Å². The number of carbonyl (C=O) groups is 1. The Kier molecular flexibility index (Phi) is 8.41. The SMILES string of the molecule is CC1(C)CCN2CC3CC3(C)C3C=C(N(c4ccc(-c5ccc(/C=C/c6ccc(O)c(C(=O)O)c6)s5)cc4)c4cc5c6c(c4)C(C)(C)CCN6CCC5(C)C)C=C1C32. The topological polar surface area (TPSA) is 67.2 Å². The Morgan fingerprint density at radius 3 is 2.19 bits per heavy atom. The molecule has 300 valence electrons. The minimum absolute atomic E-state index is 0.0835. The van der Waals surface area contributed by atoms with Gasteiger partial charge in [-0.3, -0.25) is 4.90 Å². The minimum Gasteiger partial charge on any atom is -0.507 e. The zero-order valence-corrected chi connectivity index (χ0v) is 35.9. The number of piperidine rings is 2. The largest absolute Gasteiger partial charge is 0.507 e. The van der Waals surface area contributed by atoms with E-state index in [1.807, 2.05) is 12.2 Å². The molecule has 58 heavy (non-hydrogen) atoms. The van der Waals surface area contributed by atoms with E-state index in [9.17, 15) is 15.0 Å². The van der Waals surface area contributed by atoms with E-state index in [0.29, 0.717) is 17.4 Å². The van der Waals surface area contributed by atoms with Crippen molar-refractivity contribution < 1.29 is 15.0 Å². The second-order valence-electron chi connectivity index (χ2n) is 20.3. The third-order valence-corrected chi connectivity index (χ3v) is 16.4. The van der Waals surface area contributed by atoms with E-state index in [2.05, 4.69) is 124 Å². The zero-order valence-electron chi connectivity index (χ0n) is 35.1. The Hall–Kier alpha value is -4.59. The highest BCUT2D eigenvalue weighted by Gasteiger charge is 2.64. The van der Waals surface area contributed by atoms with Crippen LogP contribution in [0.5, 0.6) is 5.75 Å². The van der Waals surface area contributed by atoms with Crippen LogP contribution in [-0.4, -0.2) is 53.3 Å². The van der Waals surface area contributed by atoms with Crippen molar-refractivity contribution in [3.63, 3.8) is 0 Å². The Morgan fingerprint density at radius 2 is 1.50 bits per heavy atom. The first-order chi connectivity index (χ1) is 27.5. The van der Waals surface area contributed by atoms with Crippen LogP contribution in [0.4, 0.5) is 17.1 Å². The molecule has 1 saturated carbocycles. The van der Waals surface area contributed by atoms with E-state index in [1.54, 1.807) is 23.0 Å². The molecular formula is C51H57N3O3S. The summed E-state index contributed by atoms with van der Waals surface area (Å²) in [5.74, 6) is -0.0832. The van der Waals surface area contributed by atoms with Crippen LogP contribution in [0.1, 0.15) is 106 Å². The van der Waals surface area contributed by atoms with Gasteiger partial charge < -0.3 is 20.0 Å². The number of anilines is 3. The lowest BCUT2D eigenvalue weighted by Gasteiger charge is -2.54. The van der Waals surface area contributed by atoms with Crippen molar-refractivity contribution in [2.45, 2.75) is 91.0 Å². The first-order valence-corrected chi connectivity index (χ1v) is 22.2. The molecule has 4 aliphatic heterocycles. The van der Waals surface area contributed by atoms with Gasteiger partial charge in [-0.05, 0) is 148 Å². The number of carboxylic acids is 1. The van der Waals surface area contributed by atoms with Crippen LogP contribution in [0.3, 0.4) is 0 Å². The van der Waals surface area contributed by atoms with Crippen LogP contribution in [0.2, 0.25) is 0 Å². The van der Waals surface area contributed by atoms with Gasteiger partial charge in [0.15, 0.2) is 0 Å². The molecule has 0 spiro atoms. The highest BCUT2D eigenvalue weighted by atomic mass is 32.1. The molecule has 6 aliphatic rings. The highest BCUT2D eigenvalue weighted by Crippen LogP contribution is 2.66. The maximum atomic E-state index is 11.6. The highest BCUT2D eigenvalue weighted by molar-refractivity contribution is 7.16. The molecule has 7 heteroatoms. The number of aromatic hydroxyl groups is 1. The Morgan fingerprint density at radius 1 is 0.810 bits per heavy atom. The van der Waals surface area contributed by atoms with Crippen molar-refractivity contribution >= 4 is 46.5 Å². The summed E-state index contributed by atoms with van der Waals surface area (Å²) in [5.41, 5.74) is 12.3. The van der Waals surface area contributed by atoms with Crippen LogP contribution in [0.15, 0.2) is 90.2 Å². The number of hydrogen-bond acceptors (Lipinski definition) is 6. The molecule has 6 nitrogen and oxygen atoms in total. The number of thiophene rings is 1. The number of hydrogen-bond donors (Lipinski definition) is 2. The number of phenols is 1. The molecule has 0 bridgehead atoms. The van der Waals surface area contributed by atoms with E-state index in [4.69, 9.17) is 0 Å². The van der Waals surface area contributed by atoms with Crippen molar-refractivity contribution in [3.8, 4) is 16.2 Å². The summed E-state index contributed by atoms with van der Waals surface area (Å²) >= 11 is 1.71. The predicted molar refractivity (Wildman–Crippen MR) is 239 cm³/mol. The minimum atomic E-state index is -1.14. The lowest BCUT2D eigenvalue weighted by Crippen LogP contribution is -2.57. The van der Waals surface area contributed by atoms with Crippen molar-refractivity contribution in [3.05, 3.63) is 117 Å². The predicted octanol–water partition coefficient (Wildman–Crippen LogP) is 11.9. The standard InChI is InChI=1S/C51H57N3O3S/c1-48(2)18-21-52-22-19-49(3,4)40-26-35(25-39(48)45(40)52)54(36-27-41-46-42(28-36)51(7)29-33(51)30-53(46)23-20-50(41,5)6)34-12-10-32(11-13-34)44-17-15-37(58-44)14-8-31-9-16-43(55)38(24-31)47(56)57/h8-17,24-28,33,42,46,55H,18-23,29-30H2,1-7H3,(H,56,57)/b14-8+. The Bertz CT molecular complexity index is 2410. The number of rotatable bonds is 7. The normalized spacial score (nSPS) is 27.2. The zero-order chi connectivity index (χ0) is 40.5. The average Bonchev–Trinajstić information content (AvgIpc) is 3.63. The third-order valence-electron chi connectivity index (χ3n) is 15.3. The van der Waals surface area contributed by atoms with Gasteiger partial charge >= 0.3 is 5.97 Å². The number of carboxylic acid groups (broad SMARTS) is 1. The Balaban J connectivity index is 1.07. The molecule has 4 unspecified atom stereocenters. The monoisotopic (exact) mass is 791 g/mol. The molecule has 2 saturated heterocycles. The number of fused-ring (bicyclic) bond motifs is 2. The molecule has 5 heterocycles. The van der Waals surface area contributed by atoms with Crippen LogP contribution in [0.25, 0.3) is 22.6 Å². The van der Waals surface area contributed by atoms with Crippen LogP contribution < -0.4 is 9.80 Å². The molecule has 2 aliphatic carbocycles. The van der Waals surface area contributed by atoms with E-state index in [0.717, 1.165) is 42.3 Å². The number of allylic oxidation sites excluding steroid dienone is 1. The Labute approximate surface area is 348 Å². The summed E-state index contributed by atoms with van der Waals surface area (Å²) in [6.45, 7) is 22.1. The van der Waals surface area contributed by atoms with Crippen LogP contribution in [-0.2, 0) is 10.8 Å². The van der Waals surface area contributed by atoms with E-state index < -0.39 is 5.97 Å². The lowest BCUT2D eigenvalue weighted by molar-refractivity contribution is 0.0419. The fourth-order valence-electron chi connectivity index (χ4n) is 11.2. The van der Waals surface area contributed by atoms with E-state index in [-0.39, 0.29) is 27.6 Å². The van der Waals surface area contributed by atoms with Gasteiger partial charge in [0.2, 0.25) is 0 Å². The van der Waals surface area contributed by atoms with Crippen molar-refractivity contribution in [2.75, 3.05) is 36.0 Å². The van der Waals surface area contributed by atoms with Gasteiger partial charge in [0.25, 0.3) is 0 Å². The van der Waals surface area contributed by atoms with Gasteiger partial charge in [-0.25, -0.2) is 4.79 Å². The molecule has 0 amide bonds. The molecular weight excluding hydrogens is 735 g/mol. The molecule has 10 rings (SSSR count). The number of benzene rings is 3. The summed E-state index contributed by atoms with van der Waals surface area (Å²) in [7, 11) is 0. The first-order valence-electron chi connectivity index (χ1n) is 21.4. The summed E-state index contributed by atoms with van der Waals surface area (Å²) in [6.07, 6.45) is 14.1. The summed E-state index contributed by atoms with van der Waals surface area (Å²) in [5, 5.41) is 19.4. The van der Waals surface area contributed by atoms with Crippen molar-refractivity contribution in [2.24, 2.45) is 22.7 Å². The molecule has 1 aromatic heterocycles. The van der Waals surface area contributed by atoms with Crippen molar-refractivity contribution in [1.29, 1.82) is 0 Å². The molecule has 4 aromatic rings. The summed E-state index contributed by atoms with van der Waals surface area (Å²) in [6, 6.07) is 23.8. The lowest BCUT2D eigenvalue weighted by atomic mass is 9.63. The molecule has 3 fully saturated rings. The second kappa shape index (κ2) is 13.0. The van der Waals surface area contributed by atoms with Crippen molar-refractivity contribution in [1.82, 2.24) is 4.90 Å². The maximum Gasteiger partial charge on any atom is 0.339 e.